The van der Waals surface area contributed by atoms with Gasteiger partial charge in [-0.05, 0) is 30.5 Å². The molecule has 0 spiro atoms. The number of benzene rings is 1. The molecule has 0 atom stereocenters. The van der Waals surface area contributed by atoms with E-state index in [4.69, 9.17) is 9.47 Å². The highest BCUT2D eigenvalue weighted by atomic mass is 16.7. The zero-order chi connectivity index (χ0) is 12.6. The first-order valence-corrected chi connectivity index (χ1v) is 7.28. The summed E-state index contributed by atoms with van der Waals surface area (Å²) in [5, 5.41) is 0. The molecule has 0 saturated heterocycles. The molecule has 2 heteroatoms. The Morgan fingerprint density at radius 1 is 0.889 bits per heavy atom. The van der Waals surface area contributed by atoms with Gasteiger partial charge in [-0.1, -0.05) is 51.5 Å². The highest BCUT2D eigenvalue weighted by Crippen LogP contribution is 2.32. The Balaban J connectivity index is 1.62. The first-order chi connectivity index (χ1) is 8.90. The molecular weight excluding hydrogens is 224 g/mol. The van der Waals surface area contributed by atoms with Gasteiger partial charge in [0, 0.05) is 0 Å². The number of rotatable bonds is 8. The van der Waals surface area contributed by atoms with Crippen molar-refractivity contribution in [3.8, 4) is 11.5 Å². The van der Waals surface area contributed by atoms with E-state index in [0.29, 0.717) is 6.79 Å². The van der Waals surface area contributed by atoms with Gasteiger partial charge in [-0.25, -0.2) is 0 Å². The van der Waals surface area contributed by atoms with Crippen LogP contribution in [0.25, 0.3) is 0 Å². The minimum Gasteiger partial charge on any atom is -0.454 e. The van der Waals surface area contributed by atoms with Gasteiger partial charge in [0.25, 0.3) is 0 Å². The van der Waals surface area contributed by atoms with Crippen molar-refractivity contribution in [1.29, 1.82) is 0 Å². The number of hydrogen-bond donors (Lipinski definition) is 0. The number of aryl methyl sites for hydroxylation is 1. The van der Waals surface area contributed by atoms with E-state index in [2.05, 4.69) is 19.1 Å². The van der Waals surface area contributed by atoms with Crippen LogP contribution < -0.4 is 9.47 Å². The average Bonchev–Trinajstić information content (AvgIpc) is 2.85. The Hall–Kier alpha value is -1.18. The molecule has 2 rings (SSSR count). The Kier molecular flexibility index (Phi) is 5.37. The first-order valence-electron chi connectivity index (χ1n) is 7.28. The second-order valence-corrected chi connectivity index (χ2v) is 5.06. The quantitative estimate of drug-likeness (QED) is 0.620. The maximum atomic E-state index is 5.39. The molecule has 18 heavy (non-hydrogen) atoms. The molecule has 0 bridgehead atoms. The van der Waals surface area contributed by atoms with Crippen molar-refractivity contribution >= 4 is 0 Å². The van der Waals surface area contributed by atoms with E-state index in [-0.39, 0.29) is 0 Å². The van der Waals surface area contributed by atoms with Crippen molar-refractivity contribution < 1.29 is 9.47 Å². The van der Waals surface area contributed by atoms with Gasteiger partial charge in [0.1, 0.15) is 0 Å². The molecule has 1 aromatic rings. The van der Waals surface area contributed by atoms with Crippen molar-refractivity contribution in [3.63, 3.8) is 0 Å². The molecule has 0 saturated carbocycles. The number of fused-ring (bicyclic) bond motifs is 1. The highest BCUT2D eigenvalue weighted by molar-refractivity contribution is 5.44. The van der Waals surface area contributed by atoms with Crippen molar-refractivity contribution in [1.82, 2.24) is 0 Å². The van der Waals surface area contributed by atoms with Crippen LogP contribution in [0, 0.1) is 0 Å². The smallest absolute Gasteiger partial charge is 0.231 e. The van der Waals surface area contributed by atoms with Crippen LogP contribution >= 0.6 is 0 Å². The SMILES string of the molecule is CCCCCCCCCc1ccc2c(c1)OCO2. The molecule has 1 aliphatic rings. The van der Waals surface area contributed by atoms with Crippen LogP contribution in [0.2, 0.25) is 0 Å². The second-order valence-electron chi connectivity index (χ2n) is 5.06. The van der Waals surface area contributed by atoms with E-state index in [1.54, 1.807) is 0 Å². The number of hydrogen-bond acceptors (Lipinski definition) is 2. The fraction of sp³-hybridized carbons (Fsp3) is 0.625. The monoisotopic (exact) mass is 248 g/mol. The fourth-order valence-corrected chi connectivity index (χ4v) is 2.38. The van der Waals surface area contributed by atoms with E-state index in [9.17, 15) is 0 Å². The van der Waals surface area contributed by atoms with Crippen LogP contribution in [-0.4, -0.2) is 6.79 Å². The summed E-state index contributed by atoms with van der Waals surface area (Å²) in [4.78, 5) is 0. The second kappa shape index (κ2) is 7.30. The van der Waals surface area contributed by atoms with Crippen LogP contribution in [0.3, 0.4) is 0 Å². The zero-order valence-corrected chi connectivity index (χ0v) is 11.4. The maximum absolute atomic E-state index is 5.39. The molecule has 1 aromatic carbocycles. The fourth-order valence-electron chi connectivity index (χ4n) is 2.38. The largest absolute Gasteiger partial charge is 0.454 e. The van der Waals surface area contributed by atoms with E-state index in [0.717, 1.165) is 17.9 Å². The van der Waals surface area contributed by atoms with E-state index < -0.39 is 0 Å². The molecule has 1 aliphatic heterocycles. The molecular formula is C16H24O2. The topological polar surface area (TPSA) is 18.5 Å². The summed E-state index contributed by atoms with van der Waals surface area (Å²) in [5.41, 5.74) is 1.37. The molecule has 0 N–H and O–H groups in total. The first kappa shape index (κ1) is 13.3. The van der Waals surface area contributed by atoms with Crippen molar-refractivity contribution in [2.45, 2.75) is 58.3 Å². The van der Waals surface area contributed by atoms with E-state index in [1.165, 1.54) is 50.5 Å². The van der Waals surface area contributed by atoms with Gasteiger partial charge in [-0.15, -0.1) is 0 Å². The van der Waals surface area contributed by atoms with Gasteiger partial charge in [0.15, 0.2) is 11.5 Å². The van der Waals surface area contributed by atoms with Gasteiger partial charge in [-0.2, -0.15) is 0 Å². The molecule has 0 aromatic heterocycles. The summed E-state index contributed by atoms with van der Waals surface area (Å²) >= 11 is 0. The highest BCUT2D eigenvalue weighted by Gasteiger charge is 2.12. The van der Waals surface area contributed by atoms with Gasteiger partial charge in [-0.3, -0.25) is 0 Å². The molecule has 1 heterocycles. The number of ether oxygens (including phenoxy) is 2. The molecule has 2 nitrogen and oxygen atoms in total. The minimum atomic E-state index is 0.371. The summed E-state index contributed by atoms with van der Waals surface area (Å²) in [5.74, 6) is 1.80. The van der Waals surface area contributed by atoms with Gasteiger partial charge < -0.3 is 9.47 Å². The summed E-state index contributed by atoms with van der Waals surface area (Å²) in [7, 11) is 0. The summed E-state index contributed by atoms with van der Waals surface area (Å²) < 4.78 is 10.7. The standard InChI is InChI=1S/C16H24O2/c1-2-3-4-5-6-7-8-9-14-10-11-15-16(12-14)18-13-17-15/h10-12H,2-9,13H2,1H3. The lowest BCUT2D eigenvalue weighted by Gasteiger charge is -2.03. The lowest BCUT2D eigenvalue weighted by molar-refractivity contribution is 0.174. The maximum Gasteiger partial charge on any atom is 0.231 e. The third-order valence-electron chi connectivity index (χ3n) is 3.51. The molecule has 0 unspecified atom stereocenters. The molecule has 0 aliphatic carbocycles. The van der Waals surface area contributed by atoms with Crippen LogP contribution in [0.5, 0.6) is 11.5 Å². The van der Waals surface area contributed by atoms with Crippen molar-refractivity contribution in [2.24, 2.45) is 0 Å². The summed E-state index contributed by atoms with van der Waals surface area (Å²) in [6.07, 6.45) is 10.7. The lowest BCUT2D eigenvalue weighted by atomic mass is 10.0. The Morgan fingerprint density at radius 2 is 1.61 bits per heavy atom. The Bertz CT molecular complexity index is 360. The third kappa shape index (κ3) is 3.94. The molecule has 0 amide bonds. The van der Waals surface area contributed by atoms with Crippen molar-refractivity contribution in [2.75, 3.05) is 6.79 Å². The normalized spacial score (nSPS) is 12.9. The van der Waals surface area contributed by atoms with Gasteiger partial charge in [0.2, 0.25) is 6.79 Å². The summed E-state index contributed by atoms with van der Waals surface area (Å²) in [6.45, 7) is 2.63. The molecule has 100 valence electrons. The van der Waals surface area contributed by atoms with Gasteiger partial charge in [0.05, 0.1) is 0 Å². The number of unbranched alkanes of at least 4 members (excludes halogenated alkanes) is 6. The Morgan fingerprint density at radius 3 is 2.44 bits per heavy atom. The third-order valence-corrected chi connectivity index (χ3v) is 3.51. The van der Waals surface area contributed by atoms with Crippen molar-refractivity contribution in [3.05, 3.63) is 23.8 Å². The van der Waals surface area contributed by atoms with Gasteiger partial charge >= 0.3 is 0 Å². The van der Waals surface area contributed by atoms with Crippen LogP contribution in [0.15, 0.2) is 18.2 Å². The minimum absolute atomic E-state index is 0.371. The van der Waals surface area contributed by atoms with E-state index >= 15 is 0 Å². The average molecular weight is 248 g/mol. The zero-order valence-electron chi connectivity index (χ0n) is 11.4. The Labute approximate surface area is 110 Å². The van der Waals surface area contributed by atoms with Crippen LogP contribution in [-0.2, 0) is 6.42 Å². The predicted molar refractivity (Wildman–Crippen MR) is 74.3 cm³/mol. The predicted octanol–water partition coefficient (Wildman–Crippen LogP) is 4.71. The molecule has 0 fully saturated rings. The van der Waals surface area contributed by atoms with Crippen LogP contribution in [0.1, 0.15) is 57.4 Å². The lowest BCUT2D eigenvalue weighted by Crippen LogP contribution is -1.93. The van der Waals surface area contributed by atoms with Crippen LogP contribution in [0.4, 0.5) is 0 Å². The summed E-state index contributed by atoms with van der Waals surface area (Å²) in [6, 6.07) is 6.31. The molecule has 0 radical (unpaired) electrons. The van der Waals surface area contributed by atoms with E-state index in [1.807, 2.05) is 6.07 Å².